The predicted molar refractivity (Wildman–Crippen MR) is 90.9 cm³/mol. The fourth-order valence-corrected chi connectivity index (χ4v) is 4.72. The van der Waals surface area contributed by atoms with Crippen LogP contribution in [0, 0.1) is 13.8 Å². The Morgan fingerprint density at radius 2 is 1.91 bits per heavy atom. The van der Waals surface area contributed by atoms with E-state index in [-0.39, 0.29) is 18.2 Å². The lowest BCUT2D eigenvalue weighted by Crippen LogP contribution is -2.41. The number of nitrogens with zero attached hydrogens (tertiary/aromatic N) is 1. The molecule has 7 heteroatoms. The van der Waals surface area contributed by atoms with Crippen molar-refractivity contribution in [3.8, 4) is 0 Å². The molecule has 1 heterocycles. The number of amides is 1. The first-order chi connectivity index (χ1) is 10.4. The second-order valence-corrected chi connectivity index (χ2v) is 8.70. The summed E-state index contributed by atoms with van der Waals surface area (Å²) < 4.78 is 25.9. The van der Waals surface area contributed by atoms with Crippen molar-refractivity contribution in [3.05, 3.63) is 34.9 Å². The smallest absolute Gasteiger partial charge is 0.251 e. The molecule has 0 saturated carbocycles. The normalized spacial score (nSPS) is 16.5. The van der Waals surface area contributed by atoms with Crippen molar-refractivity contribution in [1.29, 1.82) is 0 Å². The van der Waals surface area contributed by atoms with Gasteiger partial charge in [0, 0.05) is 36.7 Å². The van der Waals surface area contributed by atoms with Crippen molar-refractivity contribution in [2.75, 3.05) is 36.9 Å². The molecule has 0 unspecified atom stereocenters. The van der Waals surface area contributed by atoms with Crippen LogP contribution in [0.15, 0.2) is 18.2 Å². The van der Waals surface area contributed by atoms with Crippen LogP contribution in [0.1, 0.15) is 21.5 Å². The minimum Gasteiger partial charge on any atom is -0.351 e. The van der Waals surface area contributed by atoms with Crippen molar-refractivity contribution in [2.45, 2.75) is 13.8 Å². The third-order valence-corrected chi connectivity index (χ3v) is 6.59. The van der Waals surface area contributed by atoms with Gasteiger partial charge < -0.3 is 5.32 Å². The van der Waals surface area contributed by atoms with Crippen LogP contribution in [0.4, 0.5) is 0 Å². The lowest BCUT2D eigenvalue weighted by Gasteiger charge is -2.25. The minimum absolute atomic E-state index is 0.0474. The molecule has 0 aliphatic carbocycles. The van der Waals surface area contributed by atoms with Crippen LogP contribution in [0.5, 0.6) is 0 Å². The molecular formula is C15H22N2O3S2. The number of carbonyl (C=O) groups is 1. The first kappa shape index (κ1) is 17.3. The molecule has 1 amide bonds. The number of nitrogens with one attached hydrogen (secondary N) is 1. The van der Waals surface area contributed by atoms with Gasteiger partial charge >= 0.3 is 0 Å². The van der Waals surface area contributed by atoms with E-state index >= 15 is 0 Å². The molecule has 0 aromatic heterocycles. The zero-order valence-electron chi connectivity index (χ0n) is 13.0. The van der Waals surface area contributed by atoms with Crippen molar-refractivity contribution < 1.29 is 13.2 Å². The lowest BCUT2D eigenvalue weighted by atomic mass is 10.1. The summed E-state index contributed by atoms with van der Waals surface area (Å²) in [4.78, 5) is 12.0. The Bertz CT molecular complexity index is 638. The number of rotatable bonds is 5. The van der Waals surface area contributed by atoms with E-state index in [1.165, 1.54) is 4.31 Å². The Morgan fingerprint density at radius 3 is 2.55 bits per heavy atom. The Morgan fingerprint density at radius 1 is 1.23 bits per heavy atom. The highest BCUT2D eigenvalue weighted by Gasteiger charge is 2.23. The van der Waals surface area contributed by atoms with Gasteiger partial charge in [0.25, 0.3) is 5.91 Å². The lowest BCUT2D eigenvalue weighted by molar-refractivity contribution is 0.0956. The van der Waals surface area contributed by atoms with Crippen LogP contribution in [-0.4, -0.2) is 55.5 Å². The van der Waals surface area contributed by atoms with Crippen LogP contribution >= 0.6 is 11.8 Å². The number of aryl methyl sites for hydroxylation is 2. The monoisotopic (exact) mass is 342 g/mol. The molecule has 22 heavy (non-hydrogen) atoms. The topological polar surface area (TPSA) is 66.5 Å². The second kappa shape index (κ2) is 7.48. The summed E-state index contributed by atoms with van der Waals surface area (Å²) in [6.45, 7) is 5.21. The zero-order chi connectivity index (χ0) is 16.2. The van der Waals surface area contributed by atoms with Gasteiger partial charge in [0.2, 0.25) is 10.0 Å². The summed E-state index contributed by atoms with van der Waals surface area (Å²) in [6, 6.07) is 5.47. The quantitative estimate of drug-likeness (QED) is 0.879. The fraction of sp³-hybridized carbons (Fsp3) is 0.533. The molecule has 5 nitrogen and oxygen atoms in total. The van der Waals surface area contributed by atoms with Crippen LogP contribution in [0.3, 0.4) is 0 Å². The van der Waals surface area contributed by atoms with E-state index in [0.29, 0.717) is 18.7 Å². The molecule has 1 aromatic carbocycles. The maximum atomic E-state index is 12.2. The van der Waals surface area contributed by atoms with Crippen molar-refractivity contribution in [3.63, 3.8) is 0 Å². The number of benzene rings is 1. The first-order valence-electron chi connectivity index (χ1n) is 7.31. The van der Waals surface area contributed by atoms with E-state index in [2.05, 4.69) is 5.32 Å². The SMILES string of the molecule is Cc1ccc(C(=O)NCCS(=O)(=O)N2CCSCC2)cc1C. The van der Waals surface area contributed by atoms with E-state index in [1.54, 1.807) is 17.8 Å². The minimum atomic E-state index is -3.27. The number of hydrogen-bond acceptors (Lipinski definition) is 4. The predicted octanol–water partition coefficient (Wildman–Crippen LogP) is 1.41. The molecule has 0 spiro atoms. The number of hydrogen-bond donors (Lipinski definition) is 1. The second-order valence-electron chi connectivity index (χ2n) is 5.38. The molecule has 122 valence electrons. The number of thioether (sulfide) groups is 1. The average Bonchev–Trinajstić information content (AvgIpc) is 2.50. The van der Waals surface area contributed by atoms with Crippen LogP contribution < -0.4 is 5.32 Å². The highest BCUT2D eigenvalue weighted by atomic mass is 32.2. The van der Waals surface area contributed by atoms with Crippen molar-refractivity contribution >= 4 is 27.7 Å². The van der Waals surface area contributed by atoms with Gasteiger partial charge in [-0.2, -0.15) is 11.8 Å². The standard InChI is InChI=1S/C15H22N2O3S2/c1-12-3-4-14(11-13(12)2)15(18)16-5-10-22(19,20)17-6-8-21-9-7-17/h3-4,11H,5-10H2,1-2H3,(H,16,18). The molecule has 2 rings (SSSR count). The summed E-state index contributed by atoms with van der Waals surface area (Å²) >= 11 is 1.77. The van der Waals surface area contributed by atoms with Gasteiger partial charge in [-0.25, -0.2) is 12.7 Å². The molecule has 1 aromatic rings. The Kier molecular flexibility index (Phi) is 5.88. The Labute approximate surface area is 136 Å². The highest BCUT2D eigenvalue weighted by molar-refractivity contribution is 7.99. The zero-order valence-corrected chi connectivity index (χ0v) is 14.6. The van der Waals surface area contributed by atoms with Gasteiger partial charge in [-0.3, -0.25) is 4.79 Å². The van der Waals surface area contributed by atoms with E-state index in [4.69, 9.17) is 0 Å². The number of carbonyl (C=O) groups excluding carboxylic acids is 1. The van der Waals surface area contributed by atoms with Gasteiger partial charge in [-0.05, 0) is 37.1 Å². The third kappa shape index (κ3) is 4.47. The molecular weight excluding hydrogens is 320 g/mol. The molecule has 0 bridgehead atoms. The van der Waals surface area contributed by atoms with Crippen LogP contribution in [0.25, 0.3) is 0 Å². The summed E-state index contributed by atoms with van der Waals surface area (Å²) in [5.74, 6) is 1.41. The van der Waals surface area contributed by atoms with Gasteiger partial charge in [0.15, 0.2) is 0 Å². The Hall–Kier alpha value is -1.05. The molecule has 1 saturated heterocycles. The van der Waals surface area contributed by atoms with Crippen molar-refractivity contribution in [2.24, 2.45) is 0 Å². The first-order valence-corrected chi connectivity index (χ1v) is 10.1. The van der Waals surface area contributed by atoms with Crippen LogP contribution in [-0.2, 0) is 10.0 Å². The summed E-state index contributed by atoms with van der Waals surface area (Å²) in [7, 11) is -3.27. The van der Waals surface area contributed by atoms with E-state index in [0.717, 1.165) is 22.6 Å². The van der Waals surface area contributed by atoms with Crippen LogP contribution in [0.2, 0.25) is 0 Å². The van der Waals surface area contributed by atoms with E-state index in [9.17, 15) is 13.2 Å². The molecule has 0 radical (unpaired) electrons. The third-order valence-electron chi connectivity index (χ3n) is 3.78. The maximum absolute atomic E-state index is 12.2. The molecule has 1 fully saturated rings. The average molecular weight is 342 g/mol. The molecule has 0 atom stereocenters. The van der Waals surface area contributed by atoms with Gasteiger partial charge in [0.1, 0.15) is 0 Å². The Balaban J connectivity index is 1.87. The summed E-state index contributed by atoms with van der Waals surface area (Å²) in [5, 5.41) is 2.69. The summed E-state index contributed by atoms with van der Waals surface area (Å²) in [5.41, 5.74) is 2.74. The largest absolute Gasteiger partial charge is 0.351 e. The summed E-state index contributed by atoms with van der Waals surface area (Å²) in [6.07, 6.45) is 0. The van der Waals surface area contributed by atoms with Crippen molar-refractivity contribution in [1.82, 2.24) is 9.62 Å². The molecule has 1 aliphatic rings. The highest BCUT2D eigenvalue weighted by Crippen LogP contribution is 2.13. The van der Waals surface area contributed by atoms with Gasteiger partial charge in [0.05, 0.1) is 5.75 Å². The molecule has 1 N–H and O–H groups in total. The molecule has 1 aliphatic heterocycles. The van der Waals surface area contributed by atoms with Gasteiger partial charge in [-0.1, -0.05) is 6.07 Å². The fourth-order valence-electron chi connectivity index (χ4n) is 2.23. The maximum Gasteiger partial charge on any atom is 0.251 e. The van der Waals surface area contributed by atoms with E-state index < -0.39 is 10.0 Å². The van der Waals surface area contributed by atoms with E-state index in [1.807, 2.05) is 26.0 Å². The number of sulfonamides is 1. The van der Waals surface area contributed by atoms with Gasteiger partial charge in [-0.15, -0.1) is 0 Å².